The predicted octanol–water partition coefficient (Wildman–Crippen LogP) is 3.89. The van der Waals surface area contributed by atoms with Gasteiger partial charge >= 0.3 is 17.7 Å². The van der Waals surface area contributed by atoms with E-state index in [0.717, 1.165) is 62.2 Å². The molecule has 1 aliphatic heterocycles. The summed E-state index contributed by atoms with van der Waals surface area (Å²) in [6.45, 7) is 8.19. The van der Waals surface area contributed by atoms with Crippen LogP contribution in [0.3, 0.4) is 0 Å². The Hall–Kier alpha value is -2.71. The first-order valence-electron chi connectivity index (χ1n) is 12.9. The van der Waals surface area contributed by atoms with E-state index in [2.05, 4.69) is 23.5 Å². The molecule has 2 heterocycles. The van der Waals surface area contributed by atoms with E-state index in [9.17, 15) is 4.79 Å². The fourth-order valence-corrected chi connectivity index (χ4v) is 5.07. The molecule has 3 N–H and O–H groups in total. The van der Waals surface area contributed by atoms with Crippen molar-refractivity contribution in [2.24, 2.45) is 12.8 Å². The van der Waals surface area contributed by atoms with E-state index in [1.54, 1.807) is 4.74 Å². The maximum Gasteiger partial charge on any atom is 0.380 e. The highest BCUT2D eigenvalue weighted by Gasteiger charge is 2.32. The predicted molar refractivity (Wildman–Crippen MR) is 135 cm³/mol. The van der Waals surface area contributed by atoms with Crippen molar-refractivity contribution < 1.29 is 18.8 Å². The van der Waals surface area contributed by atoms with Gasteiger partial charge in [-0.25, -0.2) is 4.79 Å². The minimum Gasteiger partial charge on any atom is -0.377 e. The van der Waals surface area contributed by atoms with E-state index < -0.39 is 0 Å². The van der Waals surface area contributed by atoms with Crippen LogP contribution in [0.15, 0.2) is 28.8 Å². The van der Waals surface area contributed by atoms with Crippen LogP contribution in [0.4, 0.5) is 4.79 Å². The second-order valence-corrected chi connectivity index (χ2v) is 9.95. The molecule has 2 amide bonds. The summed E-state index contributed by atoms with van der Waals surface area (Å²) in [5.41, 5.74) is 10.8. The van der Waals surface area contributed by atoms with Crippen LogP contribution >= 0.6 is 0 Å². The van der Waals surface area contributed by atoms with Crippen LogP contribution in [-0.2, 0) is 18.2 Å². The Balaban J connectivity index is 1.55. The van der Waals surface area contributed by atoms with Crippen LogP contribution in [0.5, 0.6) is 0 Å². The van der Waals surface area contributed by atoms with E-state index in [0.29, 0.717) is 18.9 Å². The van der Waals surface area contributed by atoms with Crippen molar-refractivity contribution in [1.29, 1.82) is 0 Å². The zero-order chi connectivity index (χ0) is 24.9. The number of hydrogen-bond acceptors (Lipinski definition) is 5. The van der Waals surface area contributed by atoms with Crippen LogP contribution in [0.25, 0.3) is 17.0 Å². The van der Waals surface area contributed by atoms with Crippen LogP contribution in [0.1, 0.15) is 75.9 Å². The van der Waals surface area contributed by atoms with Gasteiger partial charge in [0, 0.05) is 29.7 Å². The summed E-state index contributed by atoms with van der Waals surface area (Å²) in [6.07, 6.45) is 7.89. The van der Waals surface area contributed by atoms with Crippen LogP contribution in [0, 0.1) is 0 Å². The first kappa shape index (κ1) is 25.4. The van der Waals surface area contributed by atoms with E-state index in [1.807, 2.05) is 38.8 Å². The van der Waals surface area contributed by atoms with Crippen molar-refractivity contribution in [3.8, 4) is 11.4 Å². The monoisotopic (exact) mass is 482 g/mol. The van der Waals surface area contributed by atoms with Gasteiger partial charge in [-0.15, -0.1) is 0 Å². The summed E-state index contributed by atoms with van der Waals surface area (Å²) in [5, 5.41) is 3.29. The van der Waals surface area contributed by atoms with E-state index in [4.69, 9.17) is 20.0 Å². The number of amides is 2. The number of nitrogens with zero attached hydrogens (tertiary/aromatic N) is 3. The second kappa shape index (κ2) is 11.4. The molecule has 2 aromatic rings. The van der Waals surface area contributed by atoms with Gasteiger partial charge < -0.3 is 20.7 Å². The molecule has 1 fully saturated rings. The molecule has 0 saturated carbocycles. The molecule has 8 nitrogen and oxygen atoms in total. The molecule has 1 saturated heterocycles. The zero-order valence-corrected chi connectivity index (χ0v) is 21.5. The van der Waals surface area contributed by atoms with Crippen molar-refractivity contribution >= 4 is 11.6 Å². The van der Waals surface area contributed by atoms with Gasteiger partial charge in [0.1, 0.15) is 7.05 Å². The van der Waals surface area contributed by atoms with Crippen molar-refractivity contribution in [2.75, 3.05) is 19.7 Å². The van der Waals surface area contributed by atoms with Crippen molar-refractivity contribution in [3.63, 3.8) is 0 Å². The molecule has 0 radical (unpaired) electrons. The number of fused-ring (bicyclic) bond motifs is 1. The fraction of sp³-hybridized carbons (Fsp3) is 0.593. The number of aromatic nitrogens is 2. The molecule has 1 aromatic carbocycles. The third kappa shape index (κ3) is 5.93. The number of benzene rings is 1. The Labute approximate surface area is 208 Å². The van der Waals surface area contributed by atoms with Crippen LogP contribution in [-0.4, -0.2) is 47.8 Å². The largest absolute Gasteiger partial charge is 0.380 e. The molecule has 0 bridgehead atoms. The molecule has 2 atom stereocenters. The lowest BCUT2D eigenvalue weighted by molar-refractivity contribution is -0.837. The molecule has 1 aromatic heterocycles. The topological polar surface area (TPSA) is 97.5 Å². The lowest BCUT2D eigenvalue weighted by Crippen LogP contribution is -2.41. The first-order chi connectivity index (χ1) is 16.9. The van der Waals surface area contributed by atoms with Crippen molar-refractivity contribution in [3.05, 3.63) is 41.3 Å². The summed E-state index contributed by atoms with van der Waals surface area (Å²) in [4.78, 5) is 19.6. The van der Waals surface area contributed by atoms with Gasteiger partial charge in [0.2, 0.25) is 0 Å². The zero-order valence-electron chi connectivity index (χ0n) is 21.5. The normalized spacial score (nSPS) is 19.2. The van der Waals surface area contributed by atoms with Gasteiger partial charge in [0.25, 0.3) is 0 Å². The molecule has 2 aliphatic rings. The van der Waals surface area contributed by atoms with Gasteiger partial charge in [-0.3, -0.25) is 4.52 Å². The average molecular weight is 483 g/mol. The number of nitrogens with two attached hydrogens (primary N) is 1. The summed E-state index contributed by atoms with van der Waals surface area (Å²) in [7, 11) is 1.88. The highest BCUT2D eigenvalue weighted by Crippen LogP contribution is 2.35. The Morgan fingerprint density at radius 1 is 1.34 bits per heavy atom. The average Bonchev–Trinajstić information content (AvgIpc) is 3.51. The SMILES string of the molecule is CC=C(CC(N)COC(C)C)c1nc(-c2cccc3c2CCCC3NC(=O)N2CCCC2)[n+](C)o1. The van der Waals surface area contributed by atoms with Crippen molar-refractivity contribution in [2.45, 2.75) is 77.5 Å². The first-order valence-corrected chi connectivity index (χ1v) is 12.9. The molecule has 1 aliphatic carbocycles. The number of nitrogens with one attached hydrogen (secondary N) is 1. The lowest BCUT2D eigenvalue weighted by Gasteiger charge is -2.29. The standard InChI is InChI=1S/C27H39N5O3/c1-5-19(16-20(28)17-34-18(2)3)26-30-25(31(4)35-26)23-12-8-11-22-21(23)10-9-13-24(22)29-27(33)32-14-6-7-15-32/h5,8,11-12,18,20,24H,6-7,9-10,13-17,28H2,1-4H3/p+1. The quantitative estimate of drug-likeness (QED) is 0.556. The van der Waals surface area contributed by atoms with E-state index in [1.165, 1.54) is 11.1 Å². The summed E-state index contributed by atoms with van der Waals surface area (Å²) >= 11 is 0. The number of carbonyl (C=O) groups excluding carboxylic acids is 1. The number of urea groups is 1. The molecular formula is C27H40N5O3+. The Bertz CT molecular complexity index is 1060. The van der Waals surface area contributed by atoms with Gasteiger partial charge in [0.05, 0.1) is 24.3 Å². The van der Waals surface area contributed by atoms with Gasteiger partial charge in [-0.2, -0.15) is 0 Å². The van der Waals surface area contributed by atoms with E-state index in [-0.39, 0.29) is 24.2 Å². The third-order valence-corrected chi connectivity index (χ3v) is 6.92. The molecule has 35 heavy (non-hydrogen) atoms. The fourth-order valence-electron chi connectivity index (χ4n) is 5.07. The third-order valence-electron chi connectivity index (χ3n) is 6.92. The summed E-state index contributed by atoms with van der Waals surface area (Å²) in [6, 6.07) is 6.23. The summed E-state index contributed by atoms with van der Waals surface area (Å²) < 4.78 is 13.5. The van der Waals surface area contributed by atoms with Gasteiger partial charge in [-0.1, -0.05) is 22.9 Å². The maximum atomic E-state index is 12.8. The molecule has 0 spiro atoms. The summed E-state index contributed by atoms with van der Waals surface area (Å²) in [5.74, 6) is 1.37. The Morgan fingerprint density at radius 2 is 2.11 bits per heavy atom. The molecule has 190 valence electrons. The number of carbonyl (C=O) groups is 1. The number of likely N-dealkylation sites (tertiary alicyclic amines) is 1. The Morgan fingerprint density at radius 3 is 2.83 bits per heavy atom. The molecule has 2 unspecified atom stereocenters. The van der Waals surface area contributed by atoms with Crippen molar-refractivity contribution in [1.82, 2.24) is 15.2 Å². The molecule has 4 rings (SSSR count). The molecule has 8 heteroatoms. The number of rotatable bonds is 8. The second-order valence-electron chi connectivity index (χ2n) is 9.95. The van der Waals surface area contributed by atoms with Crippen LogP contribution in [0.2, 0.25) is 0 Å². The number of ether oxygens (including phenoxy) is 1. The molecular weight excluding hydrogens is 442 g/mol. The Kier molecular flexibility index (Phi) is 8.23. The highest BCUT2D eigenvalue weighted by atomic mass is 16.5. The van der Waals surface area contributed by atoms with Crippen LogP contribution < -0.4 is 15.8 Å². The number of hydrogen-bond donors (Lipinski definition) is 2. The van der Waals surface area contributed by atoms with E-state index >= 15 is 0 Å². The maximum absolute atomic E-state index is 12.8. The number of aryl methyl sites for hydroxylation is 1. The van der Waals surface area contributed by atoms with Gasteiger partial charge in [0.15, 0.2) is 0 Å². The number of allylic oxidation sites excluding steroid dienone is 1. The van der Waals surface area contributed by atoms with Gasteiger partial charge in [-0.05, 0) is 76.5 Å². The minimum atomic E-state index is -0.131. The highest BCUT2D eigenvalue weighted by molar-refractivity contribution is 5.75. The smallest absolute Gasteiger partial charge is 0.377 e. The minimum absolute atomic E-state index is 0.0218. The lowest BCUT2D eigenvalue weighted by atomic mass is 9.84.